The minimum Gasteiger partial charge on any atom is -0.311 e. The second kappa shape index (κ2) is 8.14. The average molecular weight is 368 g/mol. The number of para-hydroxylation sites is 1. The van der Waals surface area contributed by atoms with Gasteiger partial charge in [0.05, 0.1) is 10.9 Å². The molecule has 0 spiro atoms. The number of nitrogens with zero attached hydrogens (tertiary/aromatic N) is 3. The summed E-state index contributed by atoms with van der Waals surface area (Å²) in [6.07, 6.45) is 2.02. The van der Waals surface area contributed by atoms with Crippen molar-refractivity contribution in [1.82, 2.24) is 14.5 Å². The lowest BCUT2D eigenvalue weighted by Crippen LogP contribution is -2.22. The van der Waals surface area contributed by atoms with Crippen molar-refractivity contribution in [2.45, 2.75) is 32.0 Å². The molecule has 0 aliphatic rings. The number of benzene rings is 1. The van der Waals surface area contributed by atoms with Crippen LogP contribution in [0.15, 0.2) is 52.5 Å². The summed E-state index contributed by atoms with van der Waals surface area (Å²) in [5, 5.41) is 4.02. The molecule has 1 amide bonds. The molecule has 0 aliphatic heterocycles. The number of amides is 1. The number of carbonyl (C=O) groups is 1. The molecule has 2 aromatic heterocycles. The summed E-state index contributed by atoms with van der Waals surface area (Å²) >= 11 is 1.41. The molecule has 0 atom stereocenters. The number of fused-ring (bicyclic) bond motifs is 1. The molecule has 134 valence electrons. The molecule has 26 heavy (non-hydrogen) atoms. The molecule has 2 heterocycles. The minimum atomic E-state index is -0.111. The van der Waals surface area contributed by atoms with Crippen LogP contribution in [0.5, 0.6) is 0 Å². The zero-order valence-corrected chi connectivity index (χ0v) is 15.5. The van der Waals surface area contributed by atoms with Gasteiger partial charge in [-0.3, -0.25) is 14.2 Å². The highest BCUT2D eigenvalue weighted by atomic mass is 32.2. The number of anilines is 1. The van der Waals surface area contributed by atoms with Gasteiger partial charge in [0.1, 0.15) is 5.82 Å². The van der Waals surface area contributed by atoms with Crippen molar-refractivity contribution < 1.29 is 4.79 Å². The predicted molar refractivity (Wildman–Crippen MR) is 105 cm³/mol. The molecule has 1 aromatic carbocycles. The highest BCUT2D eigenvalue weighted by Gasteiger charge is 2.11. The zero-order chi connectivity index (χ0) is 18.5. The normalized spacial score (nSPS) is 10.8. The first kappa shape index (κ1) is 18.1. The van der Waals surface area contributed by atoms with Crippen LogP contribution in [0.4, 0.5) is 5.82 Å². The van der Waals surface area contributed by atoms with Gasteiger partial charge < -0.3 is 5.32 Å². The highest BCUT2D eigenvalue weighted by molar-refractivity contribution is 7.99. The Morgan fingerprint density at radius 1 is 1.23 bits per heavy atom. The summed E-state index contributed by atoms with van der Waals surface area (Å²) in [6, 6.07) is 11.0. The van der Waals surface area contributed by atoms with Gasteiger partial charge in [0.25, 0.3) is 5.56 Å². The fraction of sp³-hybridized carbons (Fsp3) is 0.263. The second-order valence-corrected chi connectivity index (χ2v) is 6.89. The topological polar surface area (TPSA) is 76.9 Å². The monoisotopic (exact) mass is 368 g/mol. The molecule has 1 N–H and O–H groups in total. The number of hydrogen-bond donors (Lipinski definition) is 1. The third-order valence-corrected chi connectivity index (χ3v) is 4.86. The zero-order valence-electron chi connectivity index (χ0n) is 14.7. The number of rotatable bonds is 6. The lowest BCUT2D eigenvalue weighted by atomic mass is 10.2. The third kappa shape index (κ3) is 4.11. The van der Waals surface area contributed by atoms with Crippen molar-refractivity contribution in [3.05, 3.63) is 58.5 Å². The average Bonchev–Trinajstić information content (AvgIpc) is 2.64. The van der Waals surface area contributed by atoms with Gasteiger partial charge in [-0.1, -0.05) is 30.0 Å². The summed E-state index contributed by atoms with van der Waals surface area (Å²) in [5.41, 5.74) is 1.67. The largest absolute Gasteiger partial charge is 0.311 e. The van der Waals surface area contributed by atoms with Crippen LogP contribution in [0.1, 0.15) is 18.9 Å². The van der Waals surface area contributed by atoms with Crippen LogP contribution in [0.2, 0.25) is 0 Å². The Bertz CT molecular complexity index is 983. The van der Waals surface area contributed by atoms with Crippen LogP contribution in [0.3, 0.4) is 0 Å². The number of pyridine rings is 1. The second-order valence-electron chi connectivity index (χ2n) is 5.83. The van der Waals surface area contributed by atoms with E-state index in [9.17, 15) is 9.59 Å². The van der Waals surface area contributed by atoms with Crippen molar-refractivity contribution in [3.63, 3.8) is 0 Å². The van der Waals surface area contributed by atoms with Gasteiger partial charge in [0.15, 0.2) is 5.16 Å². The van der Waals surface area contributed by atoms with Gasteiger partial charge in [-0.15, -0.1) is 0 Å². The van der Waals surface area contributed by atoms with Crippen LogP contribution >= 0.6 is 11.8 Å². The Labute approximate surface area is 155 Å². The first-order valence-electron chi connectivity index (χ1n) is 8.43. The van der Waals surface area contributed by atoms with Crippen molar-refractivity contribution in [2.24, 2.45) is 0 Å². The summed E-state index contributed by atoms with van der Waals surface area (Å²) in [6.45, 7) is 4.40. The van der Waals surface area contributed by atoms with Crippen LogP contribution in [0.25, 0.3) is 10.9 Å². The molecule has 0 bridgehead atoms. The van der Waals surface area contributed by atoms with E-state index < -0.39 is 0 Å². The Morgan fingerprint density at radius 2 is 2.04 bits per heavy atom. The summed E-state index contributed by atoms with van der Waals surface area (Å²) in [4.78, 5) is 33.4. The van der Waals surface area contributed by atoms with E-state index in [0.717, 1.165) is 5.56 Å². The first-order chi connectivity index (χ1) is 12.6. The molecule has 0 fully saturated rings. The number of carbonyl (C=O) groups excluding carboxylic acids is 1. The third-order valence-electron chi connectivity index (χ3n) is 3.88. The molecule has 0 unspecified atom stereocenters. The molecule has 7 heteroatoms. The number of hydrogen-bond acceptors (Lipinski definition) is 5. The molecule has 0 saturated heterocycles. The highest BCUT2D eigenvalue weighted by Crippen LogP contribution is 2.18. The van der Waals surface area contributed by atoms with Gasteiger partial charge in [-0.2, -0.15) is 0 Å². The van der Waals surface area contributed by atoms with Crippen molar-refractivity contribution >= 4 is 34.4 Å². The molecule has 0 saturated carbocycles. The number of aryl methyl sites for hydroxylation is 1. The fourth-order valence-corrected chi connectivity index (χ4v) is 3.52. The van der Waals surface area contributed by atoms with Crippen molar-refractivity contribution in [1.29, 1.82) is 0 Å². The van der Waals surface area contributed by atoms with Crippen molar-refractivity contribution in [3.8, 4) is 0 Å². The number of aromatic nitrogens is 3. The summed E-state index contributed by atoms with van der Waals surface area (Å²) < 4.78 is 1.65. The maximum Gasteiger partial charge on any atom is 0.262 e. The Hall–Kier alpha value is -2.67. The van der Waals surface area contributed by atoms with E-state index in [-0.39, 0.29) is 11.5 Å². The number of thioether (sulfide) groups is 1. The quantitative estimate of drug-likeness (QED) is 0.534. The summed E-state index contributed by atoms with van der Waals surface area (Å²) in [7, 11) is 0. The molecule has 6 nitrogen and oxygen atoms in total. The van der Waals surface area contributed by atoms with E-state index in [1.807, 2.05) is 38.1 Å². The van der Waals surface area contributed by atoms with E-state index in [2.05, 4.69) is 15.3 Å². The Kier molecular flexibility index (Phi) is 5.68. The van der Waals surface area contributed by atoms with Gasteiger partial charge >= 0.3 is 0 Å². The Morgan fingerprint density at radius 3 is 2.77 bits per heavy atom. The van der Waals surface area contributed by atoms with Gasteiger partial charge in [0.2, 0.25) is 5.91 Å². The molecule has 3 rings (SSSR count). The molecule has 3 aromatic rings. The maximum atomic E-state index is 12.6. The number of nitrogens with one attached hydrogen (secondary N) is 1. The van der Waals surface area contributed by atoms with Crippen LogP contribution in [-0.4, -0.2) is 26.2 Å². The van der Waals surface area contributed by atoms with Gasteiger partial charge in [-0.05, 0) is 37.6 Å². The lowest BCUT2D eigenvalue weighted by molar-refractivity contribution is -0.115. The van der Waals surface area contributed by atoms with E-state index >= 15 is 0 Å². The summed E-state index contributed by atoms with van der Waals surface area (Å²) in [5.74, 6) is 0.961. The first-order valence-corrected chi connectivity index (χ1v) is 9.42. The smallest absolute Gasteiger partial charge is 0.262 e. The molecular weight excluding hydrogens is 348 g/mol. The van der Waals surface area contributed by atoms with Crippen LogP contribution in [-0.2, 0) is 11.3 Å². The SMILES string of the molecule is CCn1c(SCCC(=O)Nc2ccc(C)cn2)nc2ccccc2c1=O. The van der Waals surface area contributed by atoms with E-state index in [1.54, 1.807) is 22.9 Å². The Balaban J connectivity index is 1.66. The van der Waals surface area contributed by atoms with E-state index in [0.29, 0.717) is 40.6 Å². The fourth-order valence-electron chi connectivity index (χ4n) is 2.52. The van der Waals surface area contributed by atoms with Gasteiger partial charge in [0, 0.05) is 24.9 Å². The van der Waals surface area contributed by atoms with Crippen LogP contribution < -0.4 is 10.9 Å². The minimum absolute atomic E-state index is 0.0473. The molecule has 0 radical (unpaired) electrons. The standard InChI is InChI=1S/C19H20N4O2S/c1-3-23-18(25)14-6-4-5-7-15(14)21-19(23)26-11-10-17(24)22-16-9-8-13(2)12-20-16/h4-9,12H,3,10-11H2,1-2H3,(H,20,22,24). The van der Waals surface area contributed by atoms with Crippen molar-refractivity contribution in [2.75, 3.05) is 11.1 Å². The van der Waals surface area contributed by atoms with E-state index in [4.69, 9.17) is 0 Å². The molecular formula is C19H20N4O2S. The van der Waals surface area contributed by atoms with E-state index in [1.165, 1.54) is 11.8 Å². The van der Waals surface area contributed by atoms with Crippen LogP contribution in [0, 0.1) is 6.92 Å². The van der Waals surface area contributed by atoms with Gasteiger partial charge in [-0.25, -0.2) is 9.97 Å². The maximum absolute atomic E-state index is 12.6. The lowest BCUT2D eigenvalue weighted by Gasteiger charge is -2.11. The predicted octanol–water partition coefficient (Wildman–Crippen LogP) is 3.24. The molecule has 0 aliphatic carbocycles.